The van der Waals surface area contributed by atoms with Crippen LogP contribution in [0.2, 0.25) is 5.02 Å². The minimum atomic E-state index is -0.554. The number of likely N-dealkylation sites (tertiary alicyclic amines) is 1. The first kappa shape index (κ1) is 15.6. The standard InChI is InChI=1S/C14H18ClN3O3/c1-10(14(19)17-8-3-2-4-9-17)16-13-11(15)6-5-7-12(13)18(20)21/h5-7,10,16H,2-4,8-9H2,1H3. The highest BCUT2D eigenvalue weighted by Crippen LogP contribution is 2.32. The summed E-state index contributed by atoms with van der Waals surface area (Å²) in [6.07, 6.45) is 3.15. The molecule has 114 valence electrons. The molecule has 1 N–H and O–H groups in total. The van der Waals surface area contributed by atoms with E-state index >= 15 is 0 Å². The number of carbonyl (C=O) groups excluding carboxylic acids is 1. The van der Waals surface area contributed by atoms with Crippen molar-refractivity contribution in [2.75, 3.05) is 18.4 Å². The van der Waals surface area contributed by atoms with E-state index in [1.165, 1.54) is 12.1 Å². The van der Waals surface area contributed by atoms with Gasteiger partial charge in [-0.25, -0.2) is 0 Å². The summed E-state index contributed by atoms with van der Waals surface area (Å²) >= 11 is 6.02. The third-order valence-electron chi connectivity index (χ3n) is 3.59. The first-order valence-electron chi connectivity index (χ1n) is 6.99. The van der Waals surface area contributed by atoms with Gasteiger partial charge in [-0.05, 0) is 32.3 Å². The van der Waals surface area contributed by atoms with E-state index in [-0.39, 0.29) is 22.3 Å². The summed E-state index contributed by atoms with van der Waals surface area (Å²) in [4.78, 5) is 24.7. The largest absolute Gasteiger partial charge is 0.367 e. The molecule has 1 fully saturated rings. The Bertz CT molecular complexity index is 544. The van der Waals surface area contributed by atoms with Crippen LogP contribution in [-0.2, 0) is 4.79 Å². The van der Waals surface area contributed by atoms with Crippen LogP contribution in [0.4, 0.5) is 11.4 Å². The molecule has 6 nitrogen and oxygen atoms in total. The van der Waals surface area contributed by atoms with Crippen LogP contribution >= 0.6 is 11.6 Å². The summed E-state index contributed by atoms with van der Waals surface area (Å²) in [6, 6.07) is 3.89. The zero-order valence-electron chi connectivity index (χ0n) is 11.8. The van der Waals surface area contributed by atoms with Gasteiger partial charge in [0, 0.05) is 19.2 Å². The number of rotatable bonds is 4. The quantitative estimate of drug-likeness (QED) is 0.685. The predicted octanol–water partition coefficient (Wildman–Crippen LogP) is 3.06. The van der Waals surface area contributed by atoms with Crippen LogP contribution in [0.25, 0.3) is 0 Å². The third kappa shape index (κ3) is 3.64. The fourth-order valence-electron chi connectivity index (χ4n) is 2.47. The highest BCUT2D eigenvalue weighted by molar-refractivity contribution is 6.33. The van der Waals surface area contributed by atoms with Crippen molar-refractivity contribution in [3.63, 3.8) is 0 Å². The van der Waals surface area contributed by atoms with Gasteiger partial charge in [0.15, 0.2) is 0 Å². The summed E-state index contributed by atoms with van der Waals surface area (Å²) in [5, 5.41) is 14.2. The molecular weight excluding hydrogens is 294 g/mol. The average Bonchev–Trinajstić information content (AvgIpc) is 2.49. The van der Waals surface area contributed by atoms with E-state index in [4.69, 9.17) is 11.6 Å². The molecule has 7 heteroatoms. The molecule has 1 amide bonds. The van der Waals surface area contributed by atoms with E-state index < -0.39 is 11.0 Å². The topological polar surface area (TPSA) is 75.5 Å². The number of nitro groups is 1. The zero-order chi connectivity index (χ0) is 15.4. The maximum atomic E-state index is 12.3. The number of piperidine rings is 1. The molecule has 1 aromatic carbocycles. The van der Waals surface area contributed by atoms with Gasteiger partial charge in [0.2, 0.25) is 5.91 Å². The minimum Gasteiger partial charge on any atom is -0.367 e. The van der Waals surface area contributed by atoms with Crippen molar-refractivity contribution in [3.8, 4) is 0 Å². The Kier molecular flexibility index (Phi) is 5.01. The molecule has 21 heavy (non-hydrogen) atoms. The molecule has 2 rings (SSSR count). The van der Waals surface area contributed by atoms with Gasteiger partial charge in [-0.3, -0.25) is 14.9 Å². The summed E-state index contributed by atoms with van der Waals surface area (Å²) in [6.45, 7) is 3.19. The molecule has 0 spiro atoms. The molecule has 0 aromatic heterocycles. The average molecular weight is 312 g/mol. The highest BCUT2D eigenvalue weighted by Gasteiger charge is 2.25. The molecule has 1 saturated heterocycles. The van der Waals surface area contributed by atoms with Crippen LogP contribution in [0, 0.1) is 10.1 Å². The smallest absolute Gasteiger partial charge is 0.293 e. The number of para-hydroxylation sites is 1. The highest BCUT2D eigenvalue weighted by atomic mass is 35.5. The van der Waals surface area contributed by atoms with Crippen LogP contribution in [0.3, 0.4) is 0 Å². The Morgan fingerprint density at radius 3 is 2.67 bits per heavy atom. The molecule has 1 atom stereocenters. The molecular formula is C14H18ClN3O3. The number of amides is 1. The van der Waals surface area contributed by atoms with E-state index in [1.54, 1.807) is 17.9 Å². The normalized spacial score (nSPS) is 16.4. The number of halogens is 1. The number of benzene rings is 1. The van der Waals surface area contributed by atoms with Gasteiger partial charge < -0.3 is 10.2 Å². The van der Waals surface area contributed by atoms with Crippen LogP contribution in [0.15, 0.2) is 18.2 Å². The van der Waals surface area contributed by atoms with Crippen molar-refractivity contribution in [2.24, 2.45) is 0 Å². The van der Waals surface area contributed by atoms with Gasteiger partial charge in [0.05, 0.1) is 9.95 Å². The van der Waals surface area contributed by atoms with Crippen molar-refractivity contribution in [3.05, 3.63) is 33.3 Å². The van der Waals surface area contributed by atoms with Gasteiger partial charge in [-0.1, -0.05) is 17.7 Å². The number of hydrogen-bond acceptors (Lipinski definition) is 4. The lowest BCUT2D eigenvalue weighted by molar-refractivity contribution is -0.384. The van der Waals surface area contributed by atoms with Crippen LogP contribution in [0.5, 0.6) is 0 Å². The van der Waals surface area contributed by atoms with Crippen LogP contribution < -0.4 is 5.32 Å². The van der Waals surface area contributed by atoms with Gasteiger partial charge in [0.1, 0.15) is 11.7 Å². The lowest BCUT2D eigenvalue weighted by atomic mass is 10.1. The van der Waals surface area contributed by atoms with Crippen LogP contribution in [-0.4, -0.2) is 34.9 Å². The fourth-order valence-corrected chi connectivity index (χ4v) is 2.70. The second-order valence-electron chi connectivity index (χ2n) is 5.14. The number of nitro benzene ring substituents is 1. The molecule has 1 heterocycles. The van der Waals surface area contributed by atoms with Crippen molar-refractivity contribution in [1.29, 1.82) is 0 Å². The Morgan fingerprint density at radius 1 is 1.38 bits per heavy atom. The Balaban J connectivity index is 2.13. The van der Waals surface area contributed by atoms with Crippen molar-refractivity contribution in [1.82, 2.24) is 4.90 Å². The van der Waals surface area contributed by atoms with Gasteiger partial charge in [-0.15, -0.1) is 0 Å². The summed E-state index contributed by atoms with van der Waals surface area (Å²) in [5.74, 6) is -0.0519. The summed E-state index contributed by atoms with van der Waals surface area (Å²) < 4.78 is 0. The van der Waals surface area contributed by atoms with E-state index in [0.29, 0.717) is 0 Å². The van der Waals surface area contributed by atoms with E-state index in [2.05, 4.69) is 5.32 Å². The maximum absolute atomic E-state index is 12.3. The molecule has 0 radical (unpaired) electrons. The number of hydrogen-bond donors (Lipinski definition) is 1. The first-order valence-corrected chi connectivity index (χ1v) is 7.36. The van der Waals surface area contributed by atoms with E-state index in [9.17, 15) is 14.9 Å². The van der Waals surface area contributed by atoms with Crippen molar-refractivity contribution >= 4 is 28.9 Å². The fraction of sp³-hybridized carbons (Fsp3) is 0.500. The number of nitrogens with zero attached hydrogens (tertiary/aromatic N) is 2. The predicted molar refractivity (Wildman–Crippen MR) is 81.6 cm³/mol. The molecule has 0 saturated carbocycles. The molecule has 1 aliphatic rings. The van der Waals surface area contributed by atoms with E-state index in [1.807, 2.05) is 0 Å². The van der Waals surface area contributed by atoms with Gasteiger partial charge in [0.25, 0.3) is 5.69 Å². The minimum absolute atomic E-state index is 0.0519. The number of carbonyl (C=O) groups is 1. The van der Waals surface area contributed by atoms with Gasteiger partial charge in [-0.2, -0.15) is 0 Å². The Morgan fingerprint density at radius 2 is 2.05 bits per heavy atom. The number of anilines is 1. The third-order valence-corrected chi connectivity index (χ3v) is 3.90. The second kappa shape index (κ2) is 6.76. The summed E-state index contributed by atoms with van der Waals surface area (Å²) in [7, 11) is 0. The molecule has 1 aliphatic heterocycles. The van der Waals surface area contributed by atoms with Crippen molar-refractivity contribution in [2.45, 2.75) is 32.2 Å². The lowest BCUT2D eigenvalue weighted by Crippen LogP contribution is -2.44. The first-order chi connectivity index (χ1) is 10.0. The Labute approximate surface area is 128 Å². The summed E-state index contributed by atoms with van der Waals surface area (Å²) in [5.41, 5.74) is 0.0721. The van der Waals surface area contributed by atoms with Gasteiger partial charge >= 0.3 is 0 Å². The van der Waals surface area contributed by atoms with Crippen molar-refractivity contribution < 1.29 is 9.72 Å². The lowest BCUT2D eigenvalue weighted by Gasteiger charge is -2.29. The zero-order valence-corrected chi connectivity index (χ0v) is 12.6. The maximum Gasteiger partial charge on any atom is 0.293 e. The Hall–Kier alpha value is -1.82. The second-order valence-corrected chi connectivity index (χ2v) is 5.55. The van der Waals surface area contributed by atoms with Crippen LogP contribution in [0.1, 0.15) is 26.2 Å². The molecule has 0 aliphatic carbocycles. The molecule has 0 bridgehead atoms. The molecule has 1 unspecified atom stereocenters. The monoisotopic (exact) mass is 311 g/mol. The number of nitrogens with one attached hydrogen (secondary N) is 1. The SMILES string of the molecule is CC(Nc1c(Cl)cccc1[N+](=O)[O-])C(=O)N1CCCCC1. The molecule has 1 aromatic rings. The van der Waals surface area contributed by atoms with E-state index in [0.717, 1.165) is 32.4 Å².